The Morgan fingerprint density at radius 1 is 1.06 bits per heavy atom. The van der Waals surface area contributed by atoms with Gasteiger partial charge >= 0.3 is 0 Å². The SMILES string of the molecule is CCOc1ccccc1CNC(=O)CCc1nnc(C(=O)Nc2ccc(OC)cc2)s1. The molecule has 0 aliphatic heterocycles. The van der Waals surface area contributed by atoms with Crippen LogP contribution in [0.3, 0.4) is 0 Å². The molecule has 3 aromatic rings. The van der Waals surface area contributed by atoms with Gasteiger partial charge in [-0.3, -0.25) is 9.59 Å². The van der Waals surface area contributed by atoms with Gasteiger partial charge in [-0.1, -0.05) is 29.5 Å². The lowest BCUT2D eigenvalue weighted by Gasteiger charge is -2.10. The molecule has 0 aliphatic rings. The van der Waals surface area contributed by atoms with Crippen molar-refractivity contribution in [1.29, 1.82) is 0 Å². The molecule has 0 spiro atoms. The molecular formula is C22H24N4O4S. The number of amides is 2. The van der Waals surface area contributed by atoms with E-state index in [4.69, 9.17) is 9.47 Å². The summed E-state index contributed by atoms with van der Waals surface area (Å²) < 4.78 is 10.7. The van der Waals surface area contributed by atoms with Gasteiger partial charge in [-0.2, -0.15) is 0 Å². The van der Waals surface area contributed by atoms with E-state index in [0.29, 0.717) is 36.0 Å². The third-order valence-corrected chi connectivity index (χ3v) is 5.31. The number of carbonyl (C=O) groups excluding carboxylic acids is 2. The molecule has 2 N–H and O–H groups in total. The number of aryl methyl sites for hydroxylation is 1. The molecule has 8 nitrogen and oxygen atoms in total. The number of para-hydroxylation sites is 1. The zero-order chi connectivity index (χ0) is 22.1. The molecule has 162 valence electrons. The minimum Gasteiger partial charge on any atom is -0.497 e. The fourth-order valence-electron chi connectivity index (χ4n) is 2.75. The summed E-state index contributed by atoms with van der Waals surface area (Å²) in [6.45, 7) is 2.87. The molecule has 0 saturated carbocycles. The number of hydrogen-bond donors (Lipinski definition) is 2. The molecular weight excluding hydrogens is 416 g/mol. The molecule has 1 heterocycles. The third kappa shape index (κ3) is 6.51. The molecule has 0 fully saturated rings. The molecule has 0 saturated heterocycles. The molecule has 1 aromatic heterocycles. The van der Waals surface area contributed by atoms with E-state index in [9.17, 15) is 9.59 Å². The molecule has 31 heavy (non-hydrogen) atoms. The van der Waals surface area contributed by atoms with Gasteiger partial charge in [-0.05, 0) is 37.3 Å². The van der Waals surface area contributed by atoms with Crippen LogP contribution >= 0.6 is 11.3 Å². The van der Waals surface area contributed by atoms with E-state index in [0.717, 1.165) is 11.3 Å². The molecule has 0 radical (unpaired) electrons. The molecule has 0 aliphatic carbocycles. The number of aromatic nitrogens is 2. The van der Waals surface area contributed by atoms with Crippen LogP contribution in [0.25, 0.3) is 0 Å². The first-order chi connectivity index (χ1) is 15.1. The van der Waals surface area contributed by atoms with Gasteiger partial charge in [-0.15, -0.1) is 10.2 Å². The topological polar surface area (TPSA) is 102 Å². The highest BCUT2D eigenvalue weighted by atomic mass is 32.1. The summed E-state index contributed by atoms with van der Waals surface area (Å²) in [7, 11) is 1.58. The molecule has 0 unspecified atom stereocenters. The first-order valence-corrected chi connectivity index (χ1v) is 10.7. The Kier molecular flexibility index (Phi) is 7.94. The van der Waals surface area contributed by atoms with Gasteiger partial charge in [0, 0.05) is 30.6 Å². The summed E-state index contributed by atoms with van der Waals surface area (Å²) in [6.07, 6.45) is 0.665. The molecule has 9 heteroatoms. The highest BCUT2D eigenvalue weighted by Gasteiger charge is 2.14. The van der Waals surface area contributed by atoms with E-state index in [-0.39, 0.29) is 23.2 Å². The van der Waals surface area contributed by atoms with Crippen LogP contribution in [0.15, 0.2) is 48.5 Å². The van der Waals surface area contributed by atoms with Gasteiger partial charge in [0.05, 0.1) is 13.7 Å². The molecule has 0 bridgehead atoms. The van der Waals surface area contributed by atoms with E-state index >= 15 is 0 Å². The number of hydrogen-bond acceptors (Lipinski definition) is 7. The number of rotatable bonds is 10. The summed E-state index contributed by atoms with van der Waals surface area (Å²) in [6, 6.07) is 14.6. The second-order valence-electron chi connectivity index (χ2n) is 6.50. The molecule has 0 atom stereocenters. The average Bonchev–Trinajstić information content (AvgIpc) is 3.27. The maximum atomic E-state index is 12.3. The Morgan fingerprint density at radius 3 is 2.58 bits per heavy atom. The fraction of sp³-hybridized carbons (Fsp3) is 0.273. The summed E-state index contributed by atoms with van der Waals surface area (Å²) in [4.78, 5) is 24.5. The first-order valence-electron chi connectivity index (χ1n) is 9.84. The maximum Gasteiger partial charge on any atom is 0.286 e. The van der Waals surface area contributed by atoms with Gasteiger partial charge in [0.25, 0.3) is 5.91 Å². The van der Waals surface area contributed by atoms with Crippen LogP contribution < -0.4 is 20.1 Å². The number of nitrogens with one attached hydrogen (secondary N) is 2. The Balaban J connectivity index is 1.47. The van der Waals surface area contributed by atoms with Crippen molar-refractivity contribution in [2.75, 3.05) is 19.0 Å². The van der Waals surface area contributed by atoms with Gasteiger partial charge in [-0.25, -0.2) is 0 Å². The van der Waals surface area contributed by atoms with Crippen LogP contribution in [-0.2, 0) is 17.8 Å². The summed E-state index contributed by atoms with van der Waals surface area (Å²) in [5, 5.41) is 14.5. The van der Waals surface area contributed by atoms with E-state index in [1.807, 2.05) is 31.2 Å². The number of methoxy groups -OCH3 is 1. The van der Waals surface area contributed by atoms with Crippen molar-refractivity contribution < 1.29 is 19.1 Å². The Bertz CT molecular complexity index is 1020. The van der Waals surface area contributed by atoms with Crippen molar-refractivity contribution in [3.63, 3.8) is 0 Å². The van der Waals surface area contributed by atoms with Crippen LogP contribution in [0.2, 0.25) is 0 Å². The zero-order valence-corrected chi connectivity index (χ0v) is 18.2. The number of benzene rings is 2. The average molecular weight is 441 g/mol. The predicted molar refractivity (Wildman–Crippen MR) is 119 cm³/mol. The number of nitrogens with zero attached hydrogens (tertiary/aromatic N) is 2. The molecule has 2 amide bonds. The molecule has 3 rings (SSSR count). The third-order valence-electron chi connectivity index (χ3n) is 4.32. The van der Waals surface area contributed by atoms with Crippen LogP contribution in [0.4, 0.5) is 5.69 Å². The monoisotopic (exact) mass is 440 g/mol. The second kappa shape index (κ2) is 11.1. The first kappa shape index (κ1) is 22.2. The Morgan fingerprint density at radius 2 is 1.84 bits per heavy atom. The zero-order valence-electron chi connectivity index (χ0n) is 17.4. The van der Waals surface area contributed by atoms with Crippen LogP contribution in [0.1, 0.15) is 33.7 Å². The normalized spacial score (nSPS) is 10.4. The van der Waals surface area contributed by atoms with Crippen LogP contribution in [-0.4, -0.2) is 35.7 Å². The largest absolute Gasteiger partial charge is 0.497 e. The lowest BCUT2D eigenvalue weighted by Crippen LogP contribution is -2.23. The van der Waals surface area contributed by atoms with E-state index in [1.165, 1.54) is 11.3 Å². The number of ether oxygens (including phenoxy) is 2. The van der Waals surface area contributed by atoms with Crippen LogP contribution in [0.5, 0.6) is 11.5 Å². The van der Waals surface area contributed by atoms with Crippen molar-refractivity contribution in [3.8, 4) is 11.5 Å². The number of carbonyl (C=O) groups is 2. The second-order valence-corrected chi connectivity index (χ2v) is 7.56. The van der Waals surface area contributed by atoms with Crippen molar-refractivity contribution in [3.05, 3.63) is 64.1 Å². The molecule has 2 aromatic carbocycles. The van der Waals surface area contributed by atoms with Gasteiger partial charge in [0.1, 0.15) is 16.5 Å². The highest BCUT2D eigenvalue weighted by molar-refractivity contribution is 7.13. The summed E-state index contributed by atoms with van der Waals surface area (Å²) in [5.74, 6) is 1.02. The summed E-state index contributed by atoms with van der Waals surface area (Å²) >= 11 is 1.17. The predicted octanol–water partition coefficient (Wildman–Crippen LogP) is 3.45. The van der Waals surface area contributed by atoms with Gasteiger partial charge in [0.15, 0.2) is 0 Å². The maximum absolute atomic E-state index is 12.3. The highest BCUT2D eigenvalue weighted by Crippen LogP contribution is 2.19. The van der Waals surface area contributed by atoms with E-state index in [1.54, 1.807) is 31.4 Å². The fourth-order valence-corrected chi connectivity index (χ4v) is 3.49. The van der Waals surface area contributed by atoms with Crippen molar-refractivity contribution in [2.45, 2.75) is 26.3 Å². The standard InChI is InChI=1S/C22H24N4O4S/c1-3-30-18-7-5-4-6-15(18)14-23-19(27)12-13-20-25-26-22(31-20)21(28)24-16-8-10-17(29-2)11-9-16/h4-11H,3,12-14H2,1-2H3,(H,23,27)(H,24,28). The van der Waals surface area contributed by atoms with E-state index < -0.39 is 0 Å². The smallest absolute Gasteiger partial charge is 0.286 e. The minimum atomic E-state index is -0.342. The van der Waals surface area contributed by atoms with E-state index in [2.05, 4.69) is 20.8 Å². The van der Waals surface area contributed by atoms with Gasteiger partial charge in [0.2, 0.25) is 10.9 Å². The van der Waals surface area contributed by atoms with Gasteiger partial charge < -0.3 is 20.1 Å². The lowest BCUT2D eigenvalue weighted by molar-refractivity contribution is -0.121. The Hall–Kier alpha value is -3.46. The summed E-state index contributed by atoms with van der Waals surface area (Å²) in [5.41, 5.74) is 1.56. The van der Waals surface area contributed by atoms with Crippen molar-refractivity contribution >= 4 is 28.8 Å². The minimum absolute atomic E-state index is 0.106. The van der Waals surface area contributed by atoms with Crippen LogP contribution in [0, 0.1) is 0 Å². The Labute approximate surface area is 184 Å². The quantitative estimate of drug-likeness (QED) is 0.501. The lowest BCUT2D eigenvalue weighted by atomic mass is 10.2. The van der Waals surface area contributed by atoms with Crippen molar-refractivity contribution in [2.24, 2.45) is 0 Å². The number of anilines is 1. The van der Waals surface area contributed by atoms with Crippen molar-refractivity contribution in [1.82, 2.24) is 15.5 Å².